The van der Waals surface area contributed by atoms with E-state index in [1.165, 1.54) is 7.11 Å². The zero-order valence-electron chi connectivity index (χ0n) is 11.2. The molecule has 1 aliphatic heterocycles. The van der Waals surface area contributed by atoms with Crippen molar-refractivity contribution in [3.05, 3.63) is 26.6 Å². The Kier molecular flexibility index (Phi) is 5.03. The van der Waals surface area contributed by atoms with E-state index < -0.39 is 17.4 Å². The van der Waals surface area contributed by atoms with Gasteiger partial charge in [-0.2, -0.15) is 0 Å². The van der Waals surface area contributed by atoms with Crippen LogP contribution in [0.25, 0.3) is 0 Å². The fourth-order valence-corrected chi connectivity index (χ4v) is 3.29. The average molecular weight is 422 g/mol. The maximum Gasteiger partial charge on any atom is 0.340 e. The summed E-state index contributed by atoms with van der Waals surface area (Å²) in [6, 6.07) is 3.29. The first kappa shape index (κ1) is 16.4. The molecule has 1 amide bonds. The van der Waals surface area contributed by atoms with Crippen molar-refractivity contribution in [3.63, 3.8) is 0 Å². The molecule has 1 aromatic carbocycles. The van der Waals surface area contributed by atoms with E-state index in [9.17, 15) is 9.59 Å². The second-order valence-corrected chi connectivity index (χ2v) is 6.48. The predicted octanol–water partition coefficient (Wildman–Crippen LogP) is 2.05. The van der Waals surface area contributed by atoms with Gasteiger partial charge in [0, 0.05) is 15.6 Å². The maximum absolute atomic E-state index is 12.3. The van der Waals surface area contributed by atoms with Gasteiger partial charge in [0.2, 0.25) is 5.91 Å². The van der Waals surface area contributed by atoms with E-state index in [1.807, 2.05) is 0 Å². The molecular weight excluding hydrogens is 408 g/mol. The van der Waals surface area contributed by atoms with Crippen LogP contribution >= 0.6 is 31.9 Å². The lowest BCUT2D eigenvalue weighted by molar-refractivity contribution is -0.121. The number of hydrogen-bond donors (Lipinski definition) is 2. The Morgan fingerprint density at radius 2 is 2.14 bits per heavy atom. The summed E-state index contributed by atoms with van der Waals surface area (Å²) < 4.78 is 11.1. The van der Waals surface area contributed by atoms with Crippen LogP contribution < -0.4 is 11.1 Å². The lowest BCUT2D eigenvalue weighted by Crippen LogP contribution is -2.51. The first-order valence-electron chi connectivity index (χ1n) is 6.13. The van der Waals surface area contributed by atoms with Crippen LogP contribution in [-0.2, 0) is 14.3 Å². The molecule has 1 atom stereocenters. The molecule has 3 N–H and O–H groups in total. The summed E-state index contributed by atoms with van der Waals surface area (Å²) in [5, 5.41) is 2.69. The number of carbonyl (C=O) groups excluding carboxylic acids is 2. The lowest BCUT2D eigenvalue weighted by atomic mass is 9.99. The highest BCUT2D eigenvalue weighted by molar-refractivity contribution is 9.11. The molecule has 1 aliphatic rings. The highest BCUT2D eigenvalue weighted by Crippen LogP contribution is 2.32. The van der Waals surface area contributed by atoms with Crippen molar-refractivity contribution < 1.29 is 19.1 Å². The number of carbonyl (C=O) groups is 2. The fraction of sp³-hybridized carbons (Fsp3) is 0.385. The van der Waals surface area contributed by atoms with Crippen LogP contribution in [0.1, 0.15) is 16.8 Å². The summed E-state index contributed by atoms with van der Waals surface area (Å²) in [5.74, 6) is -0.950. The van der Waals surface area contributed by atoms with Gasteiger partial charge < -0.3 is 20.5 Å². The van der Waals surface area contributed by atoms with Crippen LogP contribution in [0, 0.1) is 0 Å². The fourth-order valence-electron chi connectivity index (χ4n) is 1.97. The van der Waals surface area contributed by atoms with Gasteiger partial charge in [0.25, 0.3) is 0 Å². The quantitative estimate of drug-likeness (QED) is 0.729. The molecule has 1 heterocycles. The Labute approximate surface area is 138 Å². The number of rotatable bonds is 3. The number of nitrogens with one attached hydrogen (secondary N) is 1. The molecule has 6 nitrogen and oxygen atoms in total. The van der Waals surface area contributed by atoms with Gasteiger partial charge in [-0.15, -0.1) is 0 Å². The minimum atomic E-state index is -1.08. The van der Waals surface area contributed by atoms with Gasteiger partial charge in [0.1, 0.15) is 5.54 Å². The molecule has 0 spiro atoms. The molecule has 1 fully saturated rings. The highest BCUT2D eigenvalue weighted by atomic mass is 79.9. The number of nitrogens with two attached hydrogens (primary N) is 1. The molecule has 1 aromatic rings. The average Bonchev–Trinajstić information content (AvgIpc) is 2.88. The highest BCUT2D eigenvalue weighted by Gasteiger charge is 2.39. The molecule has 0 bridgehead atoms. The Morgan fingerprint density at radius 3 is 2.71 bits per heavy atom. The van der Waals surface area contributed by atoms with Crippen molar-refractivity contribution in [2.45, 2.75) is 12.0 Å². The summed E-state index contributed by atoms with van der Waals surface area (Å²) in [6.45, 7) is 0.593. The molecule has 21 heavy (non-hydrogen) atoms. The van der Waals surface area contributed by atoms with Gasteiger partial charge in [0.05, 0.1) is 25.0 Å². The first-order valence-corrected chi connectivity index (χ1v) is 7.71. The normalized spacial score (nSPS) is 21.1. The molecular formula is C13H14Br2N2O4. The summed E-state index contributed by atoms with van der Waals surface area (Å²) in [5.41, 5.74) is 5.48. The molecule has 1 saturated heterocycles. The van der Waals surface area contributed by atoms with E-state index in [0.29, 0.717) is 27.7 Å². The number of amides is 1. The zero-order chi connectivity index (χ0) is 15.6. The van der Waals surface area contributed by atoms with Crippen molar-refractivity contribution in [1.82, 2.24) is 0 Å². The molecule has 0 aliphatic carbocycles. The molecule has 8 heteroatoms. The Hall–Kier alpha value is -0.960. The second kappa shape index (κ2) is 6.43. The van der Waals surface area contributed by atoms with Crippen molar-refractivity contribution in [3.8, 4) is 0 Å². The number of anilines is 1. The Balaban J connectivity index is 2.35. The van der Waals surface area contributed by atoms with E-state index in [1.54, 1.807) is 12.1 Å². The molecule has 0 aromatic heterocycles. The van der Waals surface area contributed by atoms with Crippen LogP contribution in [0.3, 0.4) is 0 Å². The SMILES string of the molecule is COC(=O)c1cc(Br)cc(Br)c1NC(=O)C1(N)CCOC1. The van der Waals surface area contributed by atoms with Crippen molar-refractivity contribution in [1.29, 1.82) is 0 Å². The number of benzene rings is 1. The van der Waals surface area contributed by atoms with Crippen LogP contribution in [-0.4, -0.2) is 37.7 Å². The molecule has 1 unspecified atom stereocenters. The number of ether oxygens (including phenoxy) is 2. The van der Waals surface area contributed by atoms with Gasteiger partial charge >= 0.3 is 5.97 Å². The largest absolute Gasteiger partial charge is 0.465 e. The zero-order valence-corrected chi connectivity index (χ0v) is 14.4. The third kappa shape index (κ3) is 3.45. The van der Waals surface area contributed by atoms with E-state index in [2.05, 4.69) is 37.2 Å². The second-order valence-electron chi connectivity index (χ2n) is 4.71. The van der Waals surface area contributed by atoms with Gasteiger partial charge in [-0.05, 0) is 34.5 Å². The van der Waals surface area contributed by atoms with E-state index in [-0.39, 0.29) is 12.2 Å². The smallest absolute Gasteiger partial charge is 0.340 e. The molecule has 0 radical (unpaired) electrons. The monoisotopic (exact) mass is 420 g/mol. The third-order valence-corrected chi connectivity index (χ3v) is 4.29. The topological polar surface area (TPSA) is 90.7 Å². The standard InChI is InChI=1S/C13H14Br2N2O4/c1-20-11(18)8-4-7(14)5-9(15)10(8)17-12(19)13(16)2-3-21-6-13/h4-5H,2-3,6,16H2,1H3,(H,17,19). The van der Waals surface area contributed by atoms with Gasteiger partial charge in [-0.3, -0.25) is 4.79 Å². The molecule has 2 rings (SSSR count). The van der Waals surface area contributed by atoms with Gasteiger partial charge in [0.15, 0.2) is 0 Å². The summed E-state index contributed by atoms with van der Waals surface area (Å²) in [6.07, 6.45) is 0.431. The van der Waals surface area contributed by atoms with Crippen molar-refractivity contribution >= 4 is 49.4 Å². The van der Waals surface area contributed by atoms with E-state index >= 15 is 0 Å². The summed E-state index contributed by atoms with van der Waals surface area (Å²) in [4.78, 5) is 24.2. The minimum absolute atomic E-state index is 0.153. The number of halogens is 2. The number of hydrogen-bond acceptors (Lipinski definition) is 5. The van der Waals surface area contributed by atoms with Crippen LogP contribution in [0.5, 0.6) is 0 Å². The summed E-state index contributed by atoms with van der Waals surface area (Å²) in [7, 11) is 1.28. The van der Waals surface area contributed by atoms with Crippen LogP contribution in [0.4, 0.5) is 5.69 Å². The third-order valence-electron chi connectivity index (χ3n) is 3.20. The van der Waals surface area contributed by atoms with Gasteiger partial charge in [-0.25, -0.2) is 4.79 Å². The van der Waals surface area contributed by atoms with Gasteiger partial charge in [-0.1, -0.05) is 15.9 Å². The van der Waals surface area contributed by atoms with E-state index in [0.717, 1.165) is 0 Å². The van der Waals surface area contributed by atoms with Crippen LogP contribution in [0.15, 0.2) is 21.1 Å². The Bertz CT molecular complexity index is 586. The Morgan fingerprint density at radius 1 is 1.43 bits per heavy atom. The van der Waals surface area contributed by atoms with Crippen LogP contribution in [0.2, 0.25) is 0 Å². The molecule has 114 valence electrons. The van der Waals surface area contributed by atoms with Crippen molar-refractivity contribution in [2.24, 2.45) is 5.73 Å². The number of esters is 1. The molecule has 0 saturated carbocycles. The minimum Gasteiger partial charge on any atom is -0.465 e. The first-order chi connectivity index (χ1) is 9.87. The maximum atomic E-state index is 12.3. The predicted molar refractivity (Wildman–Crippen MR) is 84.2 cm³/mol. The number of methoxy groups -OCH3 is 1. The van der Waals surface area contributed by atoms with Crippen molar-refractivity contribution in [2.75, 3.05) is 25.6 Å². The summed E-state index contributed by atoms with van der Waals surface area (Å²) >= 11 is 6.62. The van der Waals surface area contributed by atoms with E-state index in [4.69, 9.17) is 15.2 Å². The lowest BCUT2D eigenvalue weighted by Gasteiger charge is -2.22.